The molecule has 2 aliphatic rings. The van der Waals surface area contributed by atoms with Crippen LogP contribution in [0.25, 0.3) is 27.4 Å². The highest BCUT2D eigenvalue weighted by molar-refractivity contribution is 5.94. The molecular weight excluding hydrogens is 388 g/mol. The maximum absolute atomic E-state index is 3.52. The Kier molecular flexibility index (Phi) is 6.21. The Balaban J connectivity index is 0.000000135. The van der Waals surface area contributed by atoms with Crippen molar-refractivity contribution in [2.24, 2.45) is 0 Å². The number of allylic oxidation sites excluding steroid dienone is 2. The molecule has 2 aromatic heterocycles. The second-order valence-corrected chi connectivity index (χ2v) is 9.69. The molecule has 2 nitrogen and oxygen atoms in total. The van der Waals surface area contributed by atoms with Crippen LogP contribution in [-0.4, -0.2) is 9.97 Å². The van der Waals surface area contributed by atoms with Crippen molar-refractivity contribution in [3.05, 3.63) is 77.1 Å². The minimum atomic E-state index is 0.796. The summed E-state index contributed by atoms with van der Waals surface area (Å²) in [7, 11) is 0. The zero-order valence-corrected chi connectivity index (χ0v) is 19.6. The molecular formula is C30H36N2. The molecule has 6 rings (SSSR count). The molecule has 2 aromatic carbocycles. The fourth-order valence-electron chi connectivity index (χ4n) is 5.97. The van der Waals surface area contributed by atoms with Gasteiger partial charge in [-0.3, -0.25) is 0 Å². The van der Waals surface area contributed by atoms with Crippen LogP contribution in [0, 0.1) is 13.8 Å². The van der Waals surface area contributed by atoms with Crippen molar-refractivity contribution in [3.63, 3.8) is 0 Å². The quantitative estimate of drug-likeness (QED) is 0.322. The molecule has 0 aliphatic heterocycles. The lowest BCUT2D eigenvalue weighted by Gasteiger charge is -2.22. The molecule has 166 valence electrons. The lowest BCUT2D eigenvalue weighted by atomic mass is 9.83. The summed E-state index contributed by atoms with van der Waals surface area (Å²) in [6.45, 7) is 4.41. The van der Waals surface area contributed by atoms with Gasteiger partial charge in [0.15, 0.2) is 0 Å². The van der Waals surface area contributed by atoms with Crippen molar-refractivity contribution in [1.82, 2.24) is 9.97 Å². The van der Waals surface area contributed by atoms with E-state index in [2.05, 4.69) is 78.4 Å². The fraction of sp³-hybridized carbons (Fsp3) is 0.400. The summed E-state index contributed by atoms with van der Waals surface area (Å²) in [4.78, 5) is 7.01. The fourth-order valence-corrected chi connectivity index (χ4v) is 5.97. The number of H-pyrrole nitrogens is 2. The highest BCUT2D eigenvalue weighted by Gasteiger charge is 2.20. The van der Waals surface area contributed by atoms with E-state index in [1.807, 2.05) is 0 Å². The number of benzene rings is 2. The highest BCUT2D eigenvalue weighted by Crippen LogP contribution is 2.38. The Morgan fingerprint density at radius 1 is 0.688 bits per heavy atom. The molecule has 32 heavy (non-hydrogen) atoms. The third-order valence-electron chi connectivity index (χ3n) is 7.46. The number of hydrogen-bond donors (Lipinski definition) is 2. The van der Waals surface area contributed by atoms with Crippen LogP contribution in [0.3, 0.4) is 0 Å². The Bertz CT molecular complexity index is 1230. The summed E-state index contributed by atoms with van der Waals surface area (Å²) in [6.07, 6.45) is 14.6. The van der Waals surface area contributed by atoms with Crippen LogP contribution in [0.5, 0.6) is 0 Å². The van der Waals surface area contributed by atoms with Crippen LogP contribution >= 0.6 is 0 Å². The molecule has 0 radical (unpaired) electrons. The van der Waals surface area contributed by atoms with Crippen LogP contribution in [0.1, 0.15) is 86.2 Å². The van der Waals surface area contributed by atoms with E-state index < -0.39 is 0 Å². The van der Waals surface area contributed by atoms with Gasteiger partial charge in [-0.15, -0.1) is 0 Å². The normalized spacial score (nSPS) is 17.2. The predicted octanol–water partition coefficient (Wildman–Crippen LogP) is 8.96. The summed E-state index contributed by atoms with van der Waals surface area (Å²) in [6, 6.07) is 17.3. The first-order valence-electron chi connectivity index (χ1n) is 12.6. The number of fused-ring (bicyclic) bond motifs is 2. The van der Waals surface area contributed by atoms with E-state index in [4.69, 9.17) is 0 Å². The van der Waals surface area contributed by atoms with Crippen LogP contribution in [0.2, 0.25) is 0 Å². The summed E-state index contributed by atoms with van der Waals surface area (Å²) in [5.41, 5.74) is 9.86. The Hall–Kier alpha value is -2.74. The first kappa shape index (κ1) is 21.1. The number of para-hydroxylation sites is 2. The van der Waals surface area contributed by atoms with Gasteiger partial charge in [-0.2, -0.15) is 0 Å². The molecule has 0 amide bonds. The smallest absolute Gasteiger partial charge is 0.0462 e. The highest BCUT2D eigenvalue weighted by atomic mass is 14.7. The predicted molar refractivity (Wildman–Crippen MR) is 138 cm³/mol. The molecule has 2 N–H and O–H groups in total. The van der Waals surface area contributed by atoms with Crippen LogP contribution < -0.4 is 0 Å². The van der Waals surface area contributed by atoms with Crippen molar-refractivity contribution in [3.8, 4) is 0 Å². The lowest BCUT2D eigenvalue weighted by Crippen LogP contribution is -2.05. The van der Waals surface area contributed by atoms with Crippen molar-refractivity contribution in [1.29, 1.82) is 0 Å². The minimum absolute atomic E-state index is 0.796. The van der Waals surface area contributed by atoms with Gasteiger partial charge in [-0.1, -0.05) is 61.7 Å². The van der Waals surface area contributed by atoms with E-state index in [-0.39, 0.29) is 0 Å². The van der Waals surface area contributed by atoms with Gasteiger partial charge in [0.1, 0.15) is 0 Å². The number of aromatic amines is 2. The molecule has 0 saturated heterocycles. The van der Waals surface area contributed by atoms with Gasteiger partial charge < -0.3 is 9.97 Å². The van der Waals surface area contributed by atoms with Gasteiger partial charge in [0.25, 0.3) is 0 Å². The number of aryl methyl sites for hydroxylation is 2. The van der Waals surface area contributed by atoms with E-state index in [0.717, 1.165) is 5.92 Å². The largest absolute Gasteiger partial charge is 0.358 e. The van der Waals surface area contributed by atoms with E-state index in [0.29, 0.717) is 0 Å². The van der Waals surface area contributed by atoms with Crippen LogP contribution in [0.4, 0.5) is 0 Å². The molecule has 2 heterocycles. The zero-order valence-electron chi connectivity index (χ0n) is 19.6. The lowest BCUT2D eigenvalue weighted by molar-refractivity contribution is 0.444. The topological polar surface area (TPSA) is 31.6 Å². The monoisotopic (exact) mass is 424 g/mol. The standard InChI is InChI=1S/C15H19N.C15H17N/c2*1-11-15(12-7-3-2-4-8-12)13-9-5-6-10-14(13)16-11/h5-6,9-10,12,16H,2-4,7-8H2,1H3;5-7,9-10,16H,2-4,8H2,1H3. The second-order valence-electron chi connectivity index (χ2n) is 9.69. The maximum Gasteiger partial charge on any atom is 0.0462 e. The van der Waals surface area contributed by atoms with Gasteiger partial charge >= 0.3 is 0 Å². The molecule has 0 bridgehead atoms. The molecule has 0 spiro atoms. The number of nitrogens with one attached hydrogen (secondary N) is 2. The minimum Gasteiger partial charge on any atom is -0.358 e. The molecule has 0 atom stereocenters. The van der Waals surface area contributed by atoms with E-state index in [1.165, 1.54) is 96.5 Å². The Morgan fingerprint density at radius 3 is 2.06 bits per heavy atom. The van der Waals surface area contributed by atoms with Gasteiger partial charge in [0, 0.05) is 38.8 Å². The van der Waals surface area contributed by atoms with E-state index in [1.54, 1.807) is 11.1 Å². The second kappa shape index (κ2) is 9.40. The molecule has 4 aromatic rings. The third-order valence-corrected chi connectivity index (χ3v) is 7.46. The summed E-state index contributed by atoms with van der Waals surface area (Å²) in [5.74, 6) is 0.796. The van der Waals surface area contributed by atoms with Crippen LogP contribution in [-0.2, 0) is 0 Å². The number of aromatic nitrogens is 2. The molecule has 1 fully saturated rings. The van der Waals surface area contributed by atoms with Crippen molar-refractivity contribution in [2.75, 3.05) is 0 Å². The summed E-state index contributed by atoms with van der Waals surface area (Å²) < 4.78 is 0. The molecule has 1 saturated carbocycles. The van der Waals surface area contributed by atoms with Crippen molar-refractivity contribution < 1.29 is 0 Å². The van der Waals surface area contributed by atoms with Crippen molar-refractivity contribution in [2.45, 2.75) is 77.6 Å². The number of hydrogen-bond acceptors (Lipinski definition) is 0. The average Bonchev–Trinajstić information content (AvgIpc) is 3.35. The SMILES string of the molecule is Cc1[nH]c2ccccc2c1C1=CCCCC1.Cc1[nH]c2ccccc2c1C1CCCCC1. The summed E-state index contributed by atoms with van der Waals surface area (Å²) in [5, 5.41) is 2.83. The first-order chi connectivity index (χ1) is 15.7. The van der Waals surface area contributed by atoms with Gasteiger partial charge in [-0.05, 0) is 81.6 Å². The average molecular weight is 425 g/mol. The molecule has 0 unspecified atom stereocenters. The summed E-state index contributed by atoms with van der Waals surface area (Å²) >= 11 is 0. The Morgan fingerprint density at radius 2 is 1.34 bits per heavy atom. The van der Waals surface area contributed by atoms with E-state index in [9.17, 15) is 0 Å². The first-order valence-corrected chi connectivity index (χ1v) is 12.6. The van der Waals surface area contributed by atoms with Crippen LogP contribution in [0.15, 0.2) is 54.6 Å². The Labute approximate surface area is 192 Å². The molecule has 2 heteroatoms. The van der Waals surface area contributed by atoms with Gasteiger partial charge in [0.05, 0.1) is 0 Å². The van der Waals surface area contributed by atoms with Crippen molar-refractivity contribution >= 4 is 27.4 Å². The van der Waals surface area contributed by atoms with E-state index >= 15 is 0 Å². The van der Waals surface area contributed by atoms with Gasteiger partial charge in [0.2, 0.25) is 0 Å². The zero-order chi connectivity index (χ0) is 21.9. The third kappa shape index (κ3) is 4.16. The number of rotatable bonds is 2. The van der Waals surface area contributed by atoms with Gasteiger partial charge in [-0.25, -0.2) is 0 Å². The molecule has 2 aliphatic carbocycles. The maximum atomic E-state index is 3.52.